The Morgan fingerprint density at radius 3 is 2.27 bits per heavy atom. The van der Waals surface area contributed by atoms with E-state index < -0.39 is 11.9 Å². The lowest BCUT2D eigenvalue weighted by atomic mass is 9.87. The highest BCUT2D eigenvalue weighted by atomic mass is 16.5. The molecule has 1 amide bonds. The monoisotopic (exact) mass is 355 g/mol. The maximum atomic E-state index is 12.1. The molecule has 5 heteroatoms. The summed E-state index contributed by atoms with van der Waals surface area (Å²) in [4.78, 5) is 24.2. The van der Waals surface area contributed by atoms with Crippen LogP contribution in [0.5, 0.6) is 5.75 Å². The largest absolute Gasteiger partial charge is 0.492 e. The number of nitrogens with one attached hydrogen (secondary N) is 1. The van der Waals surface area contributed by atoms with Gasteiger partial charge < -0.3 is 14.8 Å². The average Bonchev–Trinajstić information content (AvgIpc) is 2.61. The van der Waals surface area contributed by atoms with Crippen LogP contribution in [0.3, 0.4) is 0 Å². The van der Waals surface area contributed by atoms with Crippen molar-refractivity contribution >= 4 is 17.6 Å². The summed E-state index contributed by atoms with van der Waals surface area (Å²) in [7, 11) is 0. The third-order valence-corrected chi connectivity index (χ3v) is 3.78. The molecule has 0 saturated carbocycles. The van der Waals surface area contributed by atoms with E-state index in [1.54, 1.807) is 30.3 Å². The van der Waals surface area contributed by atoms with Crippen molar-refractivity contribution in [1.82, 2.24) is 0 Å². The third kappa shape index (κ3) is 5.34. The van der Waals surface area contributed by atoms with E-state index in [0.717, 1.165) is 5.56 Å². The second kappa shape index (κ2) is 8.52. The molecule has 2 rings (SSSR count). The summed E-state index contributed by atoms with van der Waals surface area (Å²) in [6.45, 7) is 8.30. The van der Waals surface area contributed by atoms with Crippen LogP contribution in [-0.4, -0.2) is 25.1 Å². The maximum absolute atomic E-state index is 12.1. The van der Waals surface area contributed by atoms with Crippen LogP contribution < -0.4 is 10.1 Å². The van der Waals surface area contributed by atoms with Gasteiger partial charge >= 0.3 is 5.97 Å². The molecule has 0 heterocycles. The van der Waals surface area contributed by atoms with Gasteiger partial charge in [0.1, 0.15) is 5.75 Å². The van der Waals surface area contributed by atoms with E-state index in [1.165, 1.54) is 0 Å². The minimum absolute atomic E-state index is 0.0102. The zero-order valence-electron chi connectivity index (χ0n) is 15.7. The number of carbonyl (C=O) groups is 2. The van der Waals surface area contributed by atoms with E-state index in [9.17, 15) is 9.59 Å². The van der Waals surface area contributed by atoms with E-state index in [-0.39, 0.29) is 12.0 Å². The highest BCUT2D eigenvalue weighted by molar-refractivity contribution is 5.96. The first-order valence-electron chi connectivity index (χ1n) is 8.60. The van der Waals surface area contributed by atoms with Crippen molar-refractivity contribution < 1.29 is 19.1 Å². The van der Waals surface area contributed by atoms with Gasteiger partial charge in [0.05, 0.1) is 17.9 Å². The Hall–Kier alpha value is -2.82. The van der Waals surface area contributed by atoms with Gasteiger partial charge in [0.15, 0.2) is 6.61 Å². The lowest BCUT2D eigenvalue weighted by molar-refractivity contribution is -0.119. The van der Waals surface area contributed by atoms with Gasteiger partial charge in [-0.05, 0) is 42.2 Å². The number of hydrogen-bond acceptors (Lipinski definition) is 4. The van der Waals surface area contributed by atoms with Gasteiger partial charge in [0, 0.05) is 0 Å². The molecule has 0 aliphatic heterocycles. The van der Waals surface area contributed by atoms with Crippen LogP contribution in [0.1, 0.15) is 43.6 Å². The van der Waals surface area contributed by atoms with Crippen molar-refractivity contribution in [3.05, 3.63) is 59.7 Å². The van der Waals surface area contributed by atoms with Crippen molar-refractivity contribution in [3.63, 3.8) is 0 Å². The Morgan fingerprint density at radius 2 is 1.65 bits per heavy atom. The number of benzene rings is 2. The van der Waals surface area contributed by atoms with Crippen LogP contribution in [0.15, 0.2) is 48.5 Å². The third-order valence-electron chi connectivity index (χ3n) is 3.78. The molecule has 0 bridgehead atoms. The van der Waals surface area contributed by atoms with Crippen molar-refractivity contribution in [2.24, 2.45) is 0 Å². The normalized spacial score (nSPS) is 10.9. The summed E-state index contributed by atoms with van der Waals surface area (Å²) >= 11 is 0. The van der Waals surface area contributed by atoms with Crippen molar-refractivity contribution in [3.8, 4) is 5.75 Å². The zero-order chi connectivity index (χ0) is 19.2. The van der Waals surface area contributed by atoms with E-state index in [2.05, 4.69) is 26.1 Å². The Balaban J connectivity index is 1.92. The van der Waals surface area contributed by atoms with Gasteiger partial charge in [0.2, 0.25) is 0 Å². The molecule has 0 saturated heterocycles. The zero-order valence-corrected chi connectivity index (χ0v) is 15.7. The molecular formula is C21H25NO4. The molecule has 0 radical (unpaired) electrons. The fourth-order valence-electron chi connectivity index (χ4n) is 2.36. The van der Waals surface area contributed by atoms with E-state index in [4.69, 9.17) is 9.47 Å². The second-order valence-corrected chi connectivity index (χ2v) is 6.88. The molecular weight excluding hydrogens is 330 g/mol. The predicted molar refractivity (Wildman–Crippen MR) is 102 cm³/mol. The van der Waals surface area contributed by atoms with Crippen LogP contribution in [0.4, 0.5) is 5.69 Å². The molecule has 26 heavy (non-hydrogen) atoms. The smallest absolute Gasteiger partial charge is 0.338 e. The first kappa shape index (κ1) is 19.5. The molecule has 2 aromatic carbocycles. The summed E-state index contributed by atoms with van der Waals surface area (Å²) in [5.41, 5.74) is 2.10. The maximum Gasteiger partial charge on any atom is 0.338 e. The molecule has 138 valence electrons. The molecule has 0 aromatic heterocycles. The standard InChI is InChI=1S/C21H25NO4/c1-5-25-18-9-7-6-8-17(18)22-19(23)14-26-20(24)15-10-12-16(13-11-15)21(2,3)4/h6-13H,5,14H2,1-4H3,(H,22,23). The number of carbonyl (C=O) groups excluding carboxylic acids is 2. The predicted octanol–water partition coefficient (Wildman–Crippen LogP) is 4.18. The number of amides is 1. The molecule has 0 atom stereocenters. The lowest BCUT2D eigenvalue weighted by Gasteiger charge is -2.18. The van der Waals surface area contributed by atoms with Crippen molar-refractivity contribution in [2.45, 2.75) is 33.1 Å². The summed E-state index contributed by atoms with van der Waals surface area (Å²) in [6, 6.07) is 14.3. The fourth-order valence-corrected chi connectivity index (χ4v) is 2.36. The van der Waals surface area contributed by atoms with Crippen LogP contribution in [0, 0.1) is 0 Å². The molecule has 0 unspecified atom stereocenters. The van der Waals surface area contributed by atoms with Gasteiger partial charge in [0.25, 0.3) is 5.91 Å². The topological polar surface area (TPSA) is 64.6 Å². The molecule has 0 aliphatic carbocycles. The molecule has 2 aromatic rings. The van der Waals surface area contributed by atoms with E-state index in [0.29, 0.717) is 23.6 Å². The second-order valence-electron chi connectivity index (χ2n) is 6.88. The molecule has 0 aliphatic rings. The number of anilines is 1. The quantitative estimate of drug-likeness (QED) is 0.790. The minimum atomic E-state index is -0.529. The minimum Gasteiger partial charge on any atom is -0.492 e. The highest BCUT2D eigenvalue weighted by Crippen LogP contribution is 2.24. The number of hydrogen-bond donors (Lipinski definition) is 1. The number of ether oxygens (including phenoxy) is 2. The molecule has 0 spiro atoms. The molecule has 1 N–H and O–H groups in total. The Labute approximate surface area is 154 Å². The molecule has 5 nitrogen and oxygen atoms in total. The fraction of sp³-hybridized carbons (Fsp3) is 0.333. The van der Waals surface area contributed by atoms with Gasteiger partial charge in [-0.25, -0.2) is 4.79 Å². The number of esters is 1. The molecule has 0 fully saturated rings. The van der Waals surface area contributed by atoms with Crippen LogP contribution in [0.2, 0.25) is 0 Å². The van der Waals surface area contributed by atoms with Gasteiger partial charge in [-0.15, -0.1) is 0 Å². The van der Waals surface area contributed by atoms with Crippen molar-refractivity contribution in [1.29, 1.82) is 0 Å². The average molecular weight is 355 g/mol. The summed E-state index contributed by atoms with van der Waals surface area (Å²) in [5.74, 6) is -0.372. The van der Waals surface area contributed by atoms with Crippen LogP contribution >= 0.6 is 0 Å². The number of rotatable bonds is 6. The van der Waals surface area contributed by atoms with Crippen LogP contribution in [-0.2, 0) is 14.9 Å². The van der Waals surface area contributed by atoms with Gasteiger partial charge in [-0.3, -0.25) is 4.79 Å². The lowest BCUT2D eigenvalue weighted by Crippen LogP contribution is -2.21. The highest BCUT2D eigenvalue weighted by Gasteiger charge is 2.16. The van der Waals surface area contributed by atoms with E-state index in [1.807, 2.05) is 25.1 Å². The van der Waals surface area contributed by atoms with Gasteiger partial charge in [-0.1, -0.05) is 45.0 Å². The van der Waals surface area contributed by atoms with Gasteiger partial charge in [-0.2, -0.15) is 0 Å². The first-order valence-corrected chi connectivity index (χ1v) is 8.60. The summed E-state index contributed by atoms with van der Waals surface area (Å²) in [5, 5.41) is 2.69. The van der Waals surface area contributed by atoms with E-state index >= 15 is 0 Å². The first-order chi connectivity index (χ1) is 12.3. The number of para-hydroxylation sites is 2. The summed E-state index contributed by atoms with van der Waals surface area (Å²) in [6.07, 6.45) is 0. The SMILES string of the molecule is CCOc1ccccc1NC(=O)COC(=O)c1ccc(C(C)(C)C)cc1. The Kier molecular flexibility index (Phi) is 6.39. The summed E-state index contributed by atoms with van der Waals surface area (Å²) < 4.78 is 10.5. The Bertz CT molecular complexity index is 760. The van der Waals surface area contributed by atoms with Crippen molar-refractivity contribution in [2.75, 3.05) is 18.5 Å². The Morgan fingerprint density at radius 1 is 1.00 bits per heavy atom. The van der Waals surface area contributed by atoms with Crippen LogP contribution in [0.25, 0.3) is 0 Å².